The minimum Gasteiger partial charge on any atom is -0.441 e. The lowest BCUT2D eigenvalue weighted by Crippen LogP contribution is -2.63. The molecule has 19 atom stereocenters. The summed E-state index contributed by atoms with van der Waals surface area (Å²) in [5.41, 5.74) is 39.5. The molecule has 2 saturated heterocycles. The molecule has 0 saturated carbocycles. The minimum atomic E-state index is -1.97. The lowest BCUT2D eigenvalue weighted by molar-refractivity contribution is -0.360. The largest absolute Gasteiger partial charge is 0.441 e. The molecule has 0 aromatic carbocycles. The zero-order chi connectivity index (χ0) is 71.5. The summed E-state index contributed by atoms with van der Waals surface area (Å²) in [6.07, 6.45) is -14.6. The number of nitrogens with two attached hydrogens (primary N) is 7. The molecule has 2 fully saturated rings. The highest BCUT2D eigenvalue weighted by atomic mass is 32.1. The summed E-state index contributed by atoms with van der Waals surface area (Å²) in [6.45, 7) is 9.07. The number of unbranched alkanes of at least 4 members (excludes halogenated alkanes) is 1. The van der Waals surface area contributed by atoms with E-state index in [0.29, 0.717) is 48.6 Å². The third kappa shape index (κ3) is 21.7. The molecule has 4 aromatic heterocycles. The quantitative estimate of drug-likeness (QED) is 0.0116. The van der Waals surface area contributed by atoms with Crippen molar-refractivity contribution in [2.45, 2.75) is 171 Å². The van der Waals surface area contributed by atoms with Gasteiger partial charge in [0, 0.05) is 55.8 Å². The number of aliphatic imine (C=N–C) groups is 1. The number of anilines is 1. The van der Waals surface area contributed by atoms with Crippen LogP contribution in [0.4, 0.5) is 10.6 Å². The predicted octanol–water partition coefficient (Wildman–Crippen LogP) is -4.65. The van der Waals surface area contributed by atoms with Crippen LogP contribution in [0.5, 0.6) is 0 Å². The molecule has 0 aliphatic carbocycles. The molecule has 37 nitrogen and oxygen atoms in total. The molecule has 6 heterocycles. The second-order valence-electron chi connectivity index (χ2n) is 23.5. The van der Waals surface area contributed by atoms with Gasteiger partial charge in [0.1, 0.15) is 59.9 Å². The predicted molar refractivity (Wildman–Crippen MR) is 347 cm³/mol. The smallest absolute Gasteiger partial charge is 0.404 e. The van der Waals surface area contributed by atoms with Crippen molar-refractivity contribution < 1.29 is 87.6 Å². The normalized spacial score (nSPS) is 23.7. The van der Waals surface area contributed by atoms with Gasteiger partial charge in [-0.1, -0.05) is 27.7 Å². The van der Waals surface area contributed by atoms with Gasteiger partial charge in [-0.25, -0.2) is 24.7 Å². The fourth-order valence-corrected chi connectivity index (χ4v) is 12.3. The third-order valence-electron chi connectivity index (χ3n) is 16.3. The van der Waals surface area contributed by atoms with Crippen LogP contribution in [0.25, 0.3) is 10.6 Å². The number of ether oxygens (including phenoxy) is 5. The standard InChI is InChI=1S/C58H89N19O18S2/c1-7-34-23(2)24(3)45(93-55-44(83)47(95-58(65)90)43(82)35(19-78)92-55)56(91-34)94-46(32-18-66-22-71-32)41(77-52(87)31-15-37(60)75-49(74-31)30(16-38(61)80)70-17-29(59)48(62)84)54(89)72-26(5)42(81)25(4)50(85)76-40(27(6)79)53(88)68-13-10-39-73-33(21-97-39)36-14-28(20-96-36)51(86)67-11-8-9-12-69-57(63)64/h14-15,18,20-27,29-30,34-35,40-47,55-56,70,78-79,81-83H,7-13,16-17,19,59H2,1-6H3,(H2,61,80)(H2,62,84)(H2,65,90)(H,66,71)(H,67,86)(H,68,88)(H,72,89)(H,76,85)(H,77,87)(H2,60,74,75)(H4,63,64,69)/t23-,24-,25?,26?,27?,29?,30?,34-,35+,40?,41?,42?,43+,44-,45-,46?,47-,55?,56?/m0/s1. The van der Waals surface area contributed by atoms with Gasteiger partial charge in [0.2, 0.25) is 29.5 Å². The maximum atomic E-state index is 15.2. The van der Waals surface area contributed by atoms with Gasteiger partial charge in [0.15, 0.2) is 24.6 Å². The third-order valence-corrected chi connectivity index (χ3v) is 18.1. The van der Waals surface area contributed by atoms with Crippen LogP contribution in [-0.2, 0) is 54.1 Å². The summed E-state index contributed by atoms with van der Waals surface area (Å²) in [7, 11) is 0. The first kappa shape index (κ1) is 77.8. The summed E-state index contributed by atoms with van der Waals surface area (Å²) < 4.78 is 30.6. The van der Waals surface area contributed by atoms with Crippen molar-refractivity contribution in [3.8, 4) is 10.6 Å². The Bertz CT molecular complexity index is 3320. The van der Waals surface area contributed by atoms with Crippen LogP contribution in [0.2, 0.25) is 0 Å². The fourth-order valence-electron chi connectivity index (χ4n) is 10.6. The summed E-state index contributed by atoms with van der Waals surface area (Å²) >= 11 is 2.65. The maximum Gasteiger partial charge on any atom is 0.404 e. The summed E-state index contributed by atoms with van der Waals surface area (Å²) in [6, 6.07) is -4.63. The Morgan fingerprint density at radius 2 is 1.53 bits per heavy atom. The Morgan fingerprint density at radius 1 is 0.804 bits per heavy atom. The number of nitrogens with one attached hydrogen (secondary N) is 7. The van der Waals surface area contributed by atoms with Crippen molar-refractivity contribution in [3.05, 3.63) is 63.2 Å². The fraction of sp³-hybridized carbons (Fsp3) is 0.603. The second kappa shape index (κ2) is 36.4. The van der Waals surface area contributed by atoms with Crippen molar-refractivity contribution in [2.75, 3.05) is 38.5 Å². The number of carbonyl (C=O) groups excluding carboxylic acids is 8. The Balaban J connectivity index is 1.23. The first-order valence-electron chi connectivity index (χ1n) is 31.1. The number of carbonyl (C=O) groups is 8. The van der Waals surface area contributed by atoms with Crippen LogP contribution in [0.3, 0.4) is 0 Å². The number of rotatable bonds is 36. The number of nitrogen functional groups attached to an aromatic ring is 1. The van der Waals surface area contributed by atoms with Gasteiger partial charge in [-0.3, -0.25) is 38.6 Å². The molecule has 4 aromatic rings. The van der Waals surface area contributed by atoms with Crippen LogP contribution in [0, 0.1) is 17.8 Å². The van der Waals surface area contributed by atoms with Crippen molar-refractivity contribution in [2.24, 2.45) is 57.1 Å². The van der Waals surface area contributed by atoms with Crippen molar-refractivity contribution in [1.29, 1.82) is 0 Å². The van der Waals surface area contributed by atoms with E-state index in [1.54, 1.807) is 18.4 Å². The second-order valence-corrected chi connectivity index (χ2v) is 25.4. The highest BCUT2D eigenvalue weighted by Gasteiger charge is 2.52. The van der Waals surface area contributed by atoms with E-state index in [4.69, 9.17) is 63.8 Å². The number of nitrogens with zero attached hydrogens (tertiary/aromatic N) is 5. The minimum absolute atomic E-state index is 0.00303. The Labute approximate surface area is 564 Å². The van der Waals surface area contributed by atoms with E-state index in [0.717, 1.165) is 10.9 Å². The van der Waals surface area contributed by atoms with Gasteiger partial charge >= 0.3 is 6.09 Å². The lowest BCUT2D eigenvalue weighted by atomic mass is 9.82. The monoisotopic (exact) mass is 1400 g/mol. The number of hydrogen-bond donors (Lipinski definition) is 19. The number of thiophene rings is 1. The Hall–Kier alpha value is -8.19. The zero-order valence-corrected chi connectivity index (χ0v) is 55.8. The highest BCUT2D eigenvalue weighted by Crippen LogP contribution is 2.40. The molecule has 0 spiro atoms. The van der Waals surface area contributed by atoms with Crippen molar-refractivity contribution in [1.82, 2.24) is 56.8 Å². The topological polar surface area (TPSA) is 618 Å². The maximum absolute atomic E-state index is 15.2. The van der Waals surface area contributed by atoms with Gasteiger partial charge in [0.05, 0.1) is 88.3 Å². The van der Waals surface area contributed by atoms with Gasteiger partial charge in [0.25, 0.3) is 11.8 Å². The van der Waals surface area contributed by atoms with Crippen LogP contribution in [0.15, 0.2) is 40.4 Å². The van der Waals surface area contributed by atoms with Crippen LogP contribution in [-0.4, -0.2) is 222 Å². The summed E-state index contributed by atoms with van der Waals surface area (Å²) in [4.78, 5) is 131. The molecule has 97 heavy (non-hydrogen) atoms. The average molecular weight is 1400 g/mol. The van der Waals surface area contributed by atoms with Gasteiger partial charge in [-0.05, 0) is 51.0 Å². The molecular weight excluding hydrogens is 1310 g/mol. The number of aliphatic hydroxyl groups excluding tert-OH is 5. The van der Waals surface area contributed by atoms with E-state index >= 15 is 4.79 Å². The number of guanidine groups is 1. The Kier molecular flexibility index (Phi) is 29.2. The number of aromatic nitrogens is 5. The molecule has 8 amide bonds. The molecule has 39 heteroatoms. The zero-order valence-electron chi connectivity index (χ0n) is 54.1. The van der Waals surface area contributed by atoms with Gasteiger partial charge < -0.3 is 126 Å². The Morgan fingerprint density at radius 3 is 2.16 bits per heavy atom. The number of imidazole rings is 1. The van der Waals surface area contributed by atoms with E-state index in [1.807, 2.05) is 19.2 Å². The van der Waals surface area contributed by atoms with E-state index in [1.165, 1.54) is 56.0 Å². The molecule has 6 rings (SSSR count). The lowest BCUT2D eigenvalue weighted by Gasteiger charge is -2.48. The first-order chi connectivity index (χ1) is 45.9. The van der Waals surface area contributed by atoms with Gasteiger partial charge in [-0.15, -0.1) is 22.7 Å². The summed E-state index contributed by atoms with van der Waals surface area (Å²) in [5.74, 6) is -8.96. The molecule has 0 radical (unpaired) electrons. The number of primary amides is 3. The molecule has 2 aliphatic rings. The van der Waals surface area contributed by atoms with Crippen LogP contribution in [0.1, 0.15) is 117 Å². The number of amides is 8. The number of aliphatic hydroxyl groups is 5. The molecule has 2 aliphatic heterocycles. The number of H-pyrrole nitrogens is 1. The molecule has 11 unspecified atom stereocenters. The van der Waals surface area contributed by atoms with Gasteiger partial charge in [-0.2, -0.15) is 0 Å². The number of hydrogen-bond acceptors (Lipinski definition) is 28. The SMILES string of the molecule is CC[C@@H]1OC(OC(c2cnc[nH]2)C(NC(=O)c2cc(N)nc(C(CC(N)=O)NCC(N)C(N)=O)n2)C(=O)NC(C)C(O)C(C)C(=O)NC(C(=O)NCCc2nc(-c3cc(C(=O)NCCCCN=C(N)N)cs3)cs2)C(C)O)[C@@H](OC2O[C@H](CO)[C@@H](O)[C@H](OC(N)=O)[C@@H]2O)[C@@H](C)[C@@H]1C. The average Bonchev–Trinajstić information content (AvgIpc) is 1.04. The highest BCUT2D eigenvalue weighted by molar-refractivity contribution is 7.14. The van der Waals surface area contributed by atoms with Crippen LogP contribution >= 0.6 is 22.7 Å². The van der Waals surface area contributed by atoms with E-state index < -0.39 is 170 Å². The molecule has 536 valence electrons. The summed E-state index contributed by atoms with van der Waals surface area (Å²) in [5, 5.41) is 75.4. The van der Waals surface area contributed by atoms with Crippen LogP contribution < -0.4 is 72.0 Å². The van der Waals surface area contributed by atoms with Crippen molar-refractivity contribution in [3.63, 3.8) is 0 Å². The first-order valence-corrected chi connectivity index (χ1v) is 32.9. The number of aromatic amines is 1. The van der Waals surface area contributed by atoms with Crippen molar-refractivity contribution >= 4 is 81.9 Å². The van der Waals surface area contributed by atoms with E-state index in [9.17, 15) is 59.1 Å². The van der Waals surface area contributed by atoms with E-state index in [2.05, 4.69) is 61.8 Å². The van der Waals surface area contributed by atoms with E-state index in [-0.39, 0.29) is 54.6 Å². The molecular formula is C58H89N19O18S2. The number of thiazole rings is 1. The molecule has 0 bridgehead atoms. The molecule has 26 N–H and O–H groups in total.